The molecule has 0 radical (unpaired) electrons. The number of amides is 2. The molecule has 0 aliphatic rings. The normalized spacial score (nSPS) is 10.2. The third kappa shape index (κ3) is 4.45. The van der Waals surface area contributed by atoms with Crippen LogP contribution in [0.25, 0.3) is 0 Å². The van der Waals surface area contributed by atoms with Gasteiger partial charge < -0.3 is 15.4 Å². The van der Waals surface area contributed by atoms with Crippen LogP contribution in [-0.4, -0.2) is 31.4 Å². The Labute approximate surface area is 150 Å². The Morgan fingerprint density at radius 2 is 1.84 bits per heavy atom. The Bertz CT molecular complexity index is 784. The summed E-state index contributed by atoms with van der Waals surface area (Å²) < 4.78 is 5.02. The van der Waals surface area contributed by atoms with Crippen molar-refractivity contribution in [2.45, 2.75) is 20.3 Å². The molecule has 2 rings (SSSR count). The van der Waals surface area contributed by atoms with Crippen LogP contribution in [-0.2, 0) is 16.0 Å². The van der Waals surface area contributed by atoms with E-state index in [4.69, 9.17) is 4.74 Å². The van der Waals surface area contributed by atoms with Gasteiger partial charge in [0.05, 0.1) is 18.6 Å². The molecule has 0 saturated carbocycles. The first-order chi connectivity index (χ1) is 12.0. The monoisotopic (exact) mass is 360 g/mol. The van der Waals surface area contributed by atoms with Gasteiger partial charge in [-0.05, 0) is 25.0 Å². The minimum Gasteiger partial charge on any atom is -0.462 e. The Hall–Kier alpha value is -2.67. The number of ether oxygens (including phenoxy) is 1. The Balaban J connectivity index is 2.29. The molecule has 1 aromatic carbocycles. The van der Waals surface area contributed by atoms with Gasteiger partial charge in [-0.1, -0.05) is 30.3 Å². The lowest BCUT2D eigenvalue weighted by Crippen LogP contribution is -2.21. The number of hydrogen-bond donors (Lipinski definition) is 2. The van der Waals surface area contributed by atoms with Gasteiger partial charge in [0.25, 0.3) is 5.91 Å². The summed E-state index contributed by atoms with van der Waals surface area (Å²) in [5.74, 6) is -1.12. The Kier molecular flexibility index (Phi) is 6.30. The number of nitrogens with one attached hydrogen (secondary N) is 2. The molecule has 0 fully saturated rings. The molecular formula is C18H20N2O4S. The van der Waals surface area contributed by atoms with Crippen LogP contribution in [0.3, 0.4) is 0 Å². The van der Waals surface area contributed by atoms with Crippen molar-refractivity contribution in [1.29, 1.82) is 0 Å². The first-order valence-corrected chi connectivity index (χ1v) is 8.65. The molecular weight excluding hydrogens is 340 g/mol. The maximum atomic E-state index is 12.3. The average Bonchev–Trinajstić information content (AvgIpc) is 2.91. The smallest absolute Gasteiger partial charge is 0.348 e. The van der Waals surface area contributed by atoms with Gasteiger partial charge in [-0.15, -0.1) is 11.3 Å². The van der Waals surface area contributed by atoms with E-state index < -0.39 is 5.97 Å². The standard InChI is InChI=1S/C18H20N2O4S/c1-4-24-18(23)15-11(2)14(16(22)19-3)17(25-15)20-13(21)10-12-8-6-5-7-9-12/h5-9H,4,10H2,1-3H3,(H,19,22)(H,20,21). The van der Waals surface area contributed by atoms with Crippen LogP contribution in [0.5, 0.6) is 0 Å². The third-order valence-electron chi connectivity index (χ3n) is 3.52. The zero-order valence-electron chi connectivity index (χ0n) is 14.3. The highest BCUT2D eigenvalue weighted by Crippen LogP contribution is 2.33. The van der Waals surface area contributed by atoms with Crippen molar-refractivity contribution >= 4 is 34.1 Å². The van der Waals surface area contributed by atoms with Crippen LogP contribution in [0.15, 0.2) is 30.3 Å². The molecule has 0 unspecified atom stereocenters. The first-order valence-electron chi connectivity index (χ1n) is 7.84. The molecule has 1 aromatic heterocycles. The van der Waals surface area contributed by atoms with Crippen molar-refractivity contribution < 1.29 is 19.1 Å². The van der Waals surface area contributed by atoms with Gasteiger partial charge in [0.15, 0.2) is 0 Å². The number of carbonyl (C=O) groups is 3. The van der Waals surface area contributed by atoms with Gasteiger partial charge in [-0.2, -0.15) is 0 Å². The summed E-state index contributed by atoms with van der Waals surface area (Å²) in [5, 5.41) is 5.63. The highest BCUT2D eigenvalue weighted by atomic mass is 32.1. The highest BCUT2D eigenvalue weighted by molar-refractivity contribution is 7.18. The van der Waals surface area contributed by atoms with Crippen molar-refractivity contribution in [2.75, 3.05) is 19.0 Å². The number of benzene rings is 1. The number of hydrogen-bond acceptors (Lipinski definition) is 5. The summed E-state index contributed by atoms with van der Waals surface area (Å²) in [7, 11) is 1.50. The quantitative estimate of drug-likeness (QED) is 0.776. The largest absolute Gasteiger partial charge is 0.462 e. The lowest BCUT2D eigenvalue weighted by molar-refractivity contribution is -0.115. The summed E-state index contributed by atoms with van der Waals surface area (Å²) in [5.41, 5.74) is 1.65. The van der Waals surface area contributed by atoms with Gasteiger partial charge in [-0.3, -0.25) is 9.59 Å². The molecule has 0 aliphatic heterocycles. The molecule has 2 aromatic rings. The van der Waals surface area contributed by atoms with E-state index >= 15 is 0 Å². The Morgan fingerprint density at radius 3 is 2.44 bits per heavy atom. The summed E-state index contributed by atoms with van der Waals surface area (Å²) in [4.78, 5) is 36.9. The van der Waals surface area contributed by atoms with Crippen molar-refractivity contribution in [3.63, 3.8) is 0 Å². The van der Waals surface area contributed by atoms with E-state index in [0.29, 0.717) is 15.4 Å². The molecule has 0 spiro atoms. The molecule has 2 N–H and O–H groups in total. The van der Waals surface area contributed by atoms with E-state index in [2.05, 4.69) is 10.6 Å². The molecule has 0 atom stereocenters. The van der Waals surface area contributed by atoms with Gasteiger partial charge in [0.2, 0.25) is 5.91 Å². The molecule has 7 heteroatoms. The number of esters is 1. The van der Waals surface area contributed by atoms with Gasteiger partial charge in [-0.25, -0.2) is 4.79 Å². The van der Waals surface area contributed by atoms with Gasteiger partial charge in [0.1, 0.15) is 9.88 Å². The summed E-state index contributed by atoms with van der Waals surface area (Å²) in [6.45, 7) is 3.62. The molecule has 0 aliphatic carbocycles. The number of thiophene rings is 1. The number of rotatable bonds is 6. The predicted octanol–water partition coefficient (Wildman–Crippen LogP) is 2.77. The topological polar surface area (TPSA) is 84.5 Å². The van der Waals surface area contributed by atoms with Crippen LogP contribution in [0.4, 0.5) is 5.00 Å². The van der Waals surface area contributed by atoms with E-state index in [1.54, 1.807) is 13.8 Å². The second-order valence-corrected chi connectivity index (χ2v) is 6.29. The van der Waals surface area contributed by atoms with Crippen LogP contribution >= 0.6 is 11.3 Å². The van der Waals surface area contributed by atoms with E-state index in [1.807, 2.05) is 30.3 Å². The van der Waals surface area contributed by atoms with Gasteiger partial charge in [0, 0.05) is 7.05 Å². The number of carbonyl (C=O) groups excluding carboxylic acids is 3. The molecule has 25 heavy (non-hydrogen) atoms. The predicted molar refractivity (Wildman–Crippen MR) is 97.2 cm³/mol. The SMILES string of the molecule is CCOC(=O)c1sc(NC(=O)Cc2ccccc2)c(C(=O)NC)c1C. The molecule has 6 nitrogen and oxygen atoms in total. The van der Waals surface area contributed by atoms with E-state index in [9.17, 15) is 14.4 Å². The lowest BCUT2D eigenvalue weighted by atomic mass is 10.1. The van der Waals surface area contributed by atoms with Crippen LogP contribution in [0.2, 0.25) is 0 Å². The van der Waals surface area contributed by atoms with Crippen molar-refractivity contribution in [2.24, 2.45) is 0 Å². The third-order valence-corrected chi connectivity index (χ3v) is 4.71. The Morgan fingerprint density at radius 1 is 1.16 bits per heavy atom. The van der Waals surface area contributed by atoms with Crippen molar-refractivity contribution in [3.05, 3.63) is 51.9 Å². The minimum absolute atomic E-state index is 0.180. The lowest BCUT2D eigenvalue weighted by Gasteiger charge is -2.06. The van der Waals surface area contributed by atoms with Crippen LogP contribution < -0.4 is 10.6 Å². The van der Waals surface area contributed by atoms with E-state index in [0.717, 1.165) is 16.9 Å². The highest BCUT2D eigenvalue weighted by Gasteiger charge is 2.25. The summed E-state index contributed by atoms with van der Waals surface area (Å²) in [6, 6.07) is 9.28. The summed E-state index contributed by atoms with van der Waals surface area (Å²) >= 11 is 1.05. The van der Waals surface area contributed by atoms with Crippen LogP contribution in [0, 0.1) is 6.92 Å². The molecule has 0 saturated heterocycles. The average molecular weight is 360 g/mol. The van der Waals surface area contributed by atoms with E-state index in [-0.39, 0.29) is 30.4 Å². The zero-order chi connectivity index (χ0) is 18.4. The molecule has 132 valence electrons. The summed E-state index contributed by atoms with van der Waals surface area (Å²) in [6.07, 6.45) is 0.180. The second kappa shape index (κ2) is 8.43. The van der Waals surface area contributed by atoms with Crippen molar-refractivity contribution in [1.82, 2.24) is 5.32 Å². The molecule has 1 heterocycles. The second-order valence-electron chi connectivity index (χ2n) is 5.27. The number of anilines is 1. The molecule has 0 bridgehead atoms. The molecule has 2 amide bonds. The fourth-order valence-corrected chi connectivity index (χ4v) is 3.46. The zero-order valence-corrected chi connectivity index (χ0v) is 15.2. The minimum atomic E-state index is -0.501. The van der Waals surface area contributed by atoms with Crippen LogP contribution in [0.1, 0.15) is 38.1 Å². The van der Waals surface area contributed by atoms with E-state index in [1.165, 1.54) is 7.05 Å². The van der Waals surface area contributed by atoms with Gasteiger partial charge >= 0.3 is 5.97 Å². The maximum Gasteiger partial charge on any atom is 0.348 e. The van der Waals surface area contributed by atoms with Crippen molar-refractivity contribution in [3.8, 4) is 0 Å². The fraction of sp³-hybridized carbons (Fsp3) is 0.278. The maximum absolute atomic E-state index is 12.3. The fourth-order valence-electron chi connectivity index (χ4n) is 2.34. The first kappa shape index (κ1) is 18.7.